The SMILES string of the molecule is Cc1cc(-c2ccccc2)cc(C)c1S(=O)(=O)NC(CNC(=O)c1cccc2c1cnn2CCCNc1ncc[nH]1)C(=O)O. The molecular weight excluding hydrogens is 582 g/mol. The van der Waals surface area contributed by atoms with Gasteiger partial charge in [-0.15, -0.1) is 0 Å². The largest absolute Gasteiger partial charge is 0.480 e. The molecule has 5 aromatic rings. The molecule has 0 aliphatic heterocycles. The number of amides is 1. The van der Waals surface area contributed by atoms with Crippen LogP contribution in [0.25, 0.3) is 22.0 Å². The van der Waals surface area contributed by atoms with Gasteiger partial charge in [0.15, 0.2) is 5.95 Å². The van der Waals surface area contributed by atoms with E-state index in [9.17, 15) is 23.1 Å². The summed E-state index contributed by atoms with van der Waals surface area (Å²) in [5.41, 5.74) is 3.79. The average Bonchev–Trinajstić information content (AvgIpc) is 3.67. The van der Waals surface area contributed by atoms with Crippen LogP contribution in [0.3, 0.4) is 0 Å². The highest BCUT2D eigenvalue weighted by molar-refractivity contribution is 7.89. The highest BCUT2D eigenvalue weighted by Crippen LogP contribution is 2.28. The van der Waals surface area contributed by atoms with Crippen molar-refractivity contribution in [3.05, 3.63) is 95.9 Å². The van der Waals surface area contributed by atoms with Gasteiger partial charge in [0.05, 0.1) is 22.2 Å². The van der Waals surface area contributed by atoms with E-state index in [1.54, 1.807) is 61.4 Å². The molecule has 2 aromatic heterocycles. The highest BCUT2D eigenvalue weighted by atomic mass is 32.2. The molecule has 0 aliphatic rings. The number of imidazole rings is 1. The van der Waals surface area contributed by atoms with Crippen molar-refractivity contribution >= 4 is 38.8 Å². The Morgan fingerprint density at radius 3 is 2.45 bits per heavy atom. The molecule has 0 saturated heterocycles. The quantitative estimate of drug-likeness (QED) is 0.125. The van der Waals surface area contributed by atoms with Crippen molar-refractivity contribution in [2.24, 2.45) is 0 Å². The fourth-order valence-corrected chi connectivity index (χ4v) is 6.81. The van der Waals surface area contributed by atoms with Crippen LogP contribution in [0.1, 0.15) is 27.9 Å². The van der Waals surface area contributed by atoms with Crippen molar-refractivity contribution in [1.82, 2.24) is 29.8 Å². The minimum Gasteiger partial charge on any atom is -0.480 e. The second kappa shape index (κ2) is 13.1. The average molecular weight is 616 g/mol. The lowest BCUT2D eigenvalue weighted by molar-refractivity contribution is -0.138. The Kier molecular flexibility index (Phi) is 9.07. The third kappa shape index (κ3) is 6.79. The number of H-pyrrole nitrogens is 1. The first-order valence-electron chi connectivity index (χ1n) is 14.0. The minimum atomic E-state index is -4.24. The Bertz CT molecular complexity index is 1860. The molecule has 44 heavy (non-hydrogen) atoms. The number of rotatable bonds is 13. The predicted molar refractivity (Wildman–Crippen MR) is 167 cm³/mol. The summed E-state index contributed by atoms with van der Waals surface area (Å²) in [6.45, 7) is 4.13. The summed E-state index contributed by atoms with van der Waals surface area (Å²) in [6, 6.07) is 16.6. The molecule has 1 unspecified atom stereocenters. The Labute approximate surface area is 254 Å². The molecule has 0 aliphatic carbocycles. The monoisotopic (exact) mass is 615 g/mol. The molecular formula is C31H33N7O5S. The van der Waals surface area contributed by atoms with Crippen LogP contribution in [-0.2, 0) is 21.4 Å². The first-order chi connectivity index (χ1) is 21.1. The molecule has 0 bridgehead atoms. The van der Waals surface area contributed by atoms with Gasteiger partial charge in [0.1, 0.15) is 6.04 Å². The molecule has 1 amide bonds. The zero-order chi connectivity index (χ0) is 31.3. The van der Waals surface area contributed by atoms with Gasteiger partial charge in [-0.2, -0.15) is 9.82 Å². The van der Waals surface area contributed by atoms with Gasteiger partial charge in [-0.1, -0.05) is 48.5 Å². The first kappa shape index (κ1) is 30.4. The van der Waals surface area contributed by atoms with E-state index in [0.717, 1.165) is 23.1 Å². The van der Waals surface area contributed by atoms with E-state index < -0.39 is 34.5 Å². The number of hydrogen-bond acceptors (Lipinski definition) is 7. The Morgan fingerprint density at radius 2 is 1.77 bits per heavy atom. The van der Waals surface area contributed by atoms with Crippen molar-refractivity contribution in [3.8, 4) is 11.1 Å². The van der Waals surface area contributed by atoms with E-state index in [0.29, 0.717) is 41.1 Å². The number of nitrogens with one attached hydrogen (secondary N) is 4. The Morgan fingerprint density at radius 1 is 1.02 bits per heavy atom. The van der Waals surface area contributed by atoms with E-state index in [2.05, 4.69) is 30.4 Å². The summed E-state index contributed by atoms with van der Waals surface area (Å²) in [6.07, 6.45) is 5.74. The van der Waals surface area contributed by atoms with Gasteiger partial charge in [-0.05, 0) is 54.7 Å². The van der Waals surface area contributed by atoms with Crippen LogP contribution < -0.4 is 15.4 Å². The smallest absolute Gasteiger partial charge is 0.323 e. The number of benzene rings is 3. The molecule has 5 N–H and O–H groups in total. The van der Waals surface area contributed by atoms with Crippen LogP contribution in [0.2, 0.25) is 0 Å². The second-order valence-corrected chi connectivity index (χ2v) is 12.0. The number of nitrogens with zero attached hydrogens (tertiary/aromatic N) is 3. The number of carbonyl (C=O) groups is 2. The van der Waals surface area contributed by atoms with Crippen LogP contribution in [0.15, 0.2) is 84.1 Å². The Hall–Kier alpha value is -5.01. The maximum atomic E-state index is 13.4. The number of anilines is 1. The molecule has 0 saturated carbocycles. The molecule has 228 valence electrons. The summed E-state index contributed by atoms with van der Waals surface area (Å²) in [7, 11) is -4.24. The van der Waals surface area contributed by atoms with Crippen molar-refractivity contribution in [2.45, 2.75) is 37.8 Å². The highest BCUT2D eigenvalue weighted by Gasteiger charge is 2.29. The summed E-state index contributed by atoms with van der Waals surface area (Å²) >= 11 is 0. The molecule has 0 radical (unpaired) electrons. The fourth-order valence-electron chi connectivity index (χ4n) is 5.16. The van der Waals surface area contributed by atoms with Crippen molar-refractivity contribution in [1.29, 1.82) is 0 Å². The fraction of sp³-hybridized carbons (Fsp3) is 0.226. The second-order valence-electron chi connectivity index (χ2n) is 10.4. The summed E-state index contributed by atoms with van der Waals surface area (Å²) in [4.78, 5) is 32.3. The number of hydrogen-bond donors (Lipinski definition) is 5. The lowest BCUT2D eigenvalue weighted by Crippen LogP contribution is -2.48. The van der Waals surface area contributed by atoms with Crippen molar-refractivity contribution in [3.63, 3.8) is 0 Å². The van der Waals surface area contributed by atoms with E-state index in [-0.39, 0.29) is 4.90 Å². The number of carboxylic acid groups (broad SMARTS) is 1. The van der Waals surface area contributed by atoms with Gasteiger partial charge < -0.3 is 20.7 Å². The third-order valence-corrected chi connectivity index (χ3v) is 8.94. The van der Waals surface area contributed by atoms with Crippen molar-refractivity contribution in [2.75, 3.05) is 18.4 Å². The standard InChI is InChI=1S/C31H33N7O5S/c1-20-16-23(22-8-4-3-5-9-22)17-21(2)28(20)44(42,43)37-26(30(40)41)19-35-29(39)24-10-6-11-27-25(24)18-36-38(27)15-7-12-32-31-33-13-14-34-31/h3-6,8-11,13-14,16-18,26,37H,7,12,15,19H2,1-2H3,(H,35,39)(H,40,41)(H2,32,33,34). The van der Waals surface area contributed by atoms with Gasteiger partial charge in [0, 0.05) is 37.4 Å². The van der Waals surface area contributed by atoms with Crippen LogP contribution >= 0.6 is 0 Å². The van der Waals surface area contributed by atoms with Gasteiger partial charge in [0.2, 0.25) is 10.0 Å². The molecule has 3 aromatic carbocycles. The first-order valence-corrected chi connectivity index (χ1v) is 15.5. The number of aliphatic carboxylic acids is 1. The van der Waals surface area contributed by atoms with Gasteiger partial charge in [-0.25, -0.2) is 13.4 Å². The zero-order valence-corrected chi connectivity index (χ0v) is 25.1. The molecule has 1 atom stereocenters. The lowest BCUT2D eigenvalue weighted by Gasteiger charge is -2.19. The van der Waals surface area contributed by atoms with Crippen LogP contribution in [0.5, 0.6) is 0 Å². The van der Waals surface area contributed by atoms with Crippen LogP contribution in [-0.4, -0.2) is 64.3 Å². The normalized spacial score (nSPS) is 12.2. The van der Waals surface area contributed by atoms with E-state index in [1.807, 2.05) is 36.4 Å². The molecule has 5 rings (SSSR count). The lowest BCUT2D eigenvalue weighted by atomic mass is 10.0. The number of aromatic amines is 1. The number of sulfonamides is 1. The number of aryl methyl sites for hydroxylation is 3. The predicted octanol–water partition coefficient (Wildman–Crippen LogP) is 3.71. The number of carbonyl (C=O) groups excluding carboxylic acids is 1. The van der Waals surface area contributed by atoms with Crippen LogP contribution in [0.4, 0.5) is 5.95 Å². The zero-order valence-electron chi connectivity index (χ0n) is 24.2. The molecule has 2 heterocycles. The molecule has 0 spiro atoms. The third-order valence-electron chi connectivity index (χ3n) is 7.17. The molecule has 13 heteroatoms. The molecule has 12 nitrogen and oxygen atoms in total. The number of aromatic nitrogens is 4. The topological polar surface area (TPSA) is 171 Å². The summed E-state index contributed by atoms with van der Waals surface area (Å²) in [5, 5.41) is 20.6. The van der Waals surface area contributed by atoms with E-state index in [1.165, 1.54) is 0 Å². The number of fused-ring (bicyclic) bond motifs is 1. The van der Waals surface area contributed by atoms with Crippen molar-refractivity contribution < 1.29 is 23.1 Å². The van der Waals surface area contributed by atoms with Gasteiger partial charge in [-0.3, -0.25) is 14.3 Å². The summed E-state index contributed by atoms with van der Waals surface area (Å²) in [5.74, 6) is -1.28. The Balaban J connectivity index is 1.26. The minimum absolute atomic E-state index is 0.00583. The maximum absolute atomic E-state index is 13.4. The summed E-state index contributed by atoms with van der Waals surface area (Å²) < 4.78 is 30.8. The number of carboxylic acids is 1. The van der Waals surface area contributed by atoms with Gasteiger partial charge >= 0.3 is 5.97 Å². The molecule has 0 fully saturated rings. The van der Waals surface area contributed by atoms with E-state index in [4.69, 9.17) is 0 Å². The maximum Gasteiger partial charge on any atom is 0.323 e. The van der Waals surface area contributed by atoms with Crippen LogP contribution in [0, 0.1) is 13.8 Å². The van der Waals surface area contributed by atoms with Gasteiger partial charge in [0.25, 0.3) is 5.91 Å². The van der Waals surface area contributed by atoms with E-state index >= 15 is 0 Å².